The molecule has 3 aromatic rings. The van der Waals surface area contributed by atoms with Gasteiger partial charge >= 0.3 is 0 Å². The fourth-order valence-corrected chi connectivity index (χ4v) is 5.07. The predicted octanol–water partition coefficient (Wildman–Crippen LogP) is 3.53. The third-order valence-corrected chi connectivity index (χ3v) is 6.66. The molecule has 0 radical (unpaired) electrons. The van der Waals surface area contributed by atoms with Gasteiger partial charge in [0.15, 0.2) is 11.5 Å². The molecule has 4 heterocycles. The number of carbonyl (C=O) groups is 1. The third kappa shape index (κ3) is 3.69. The lowest BCUT2D eigenvalue weighted by molar-refractivity contribution is 0.0600. The second-order valence-corrected chi connectivity index (χ2v) is 8.82. The highest BCUT2D eigenvalue weighted by molar-refractivity contribution is 5.94. The van der Waals surface area contributed by atoms with Gasteiger partial charge in [0.1, 0.15) is 0 Å². The molecule has 3 atom stereocenters. The van der Waals surface area contributed by atoms with E-state index in [0.29, 0.717) is 12.5 Å². The maximum absolute atomic E-state index is 14.2. The number of hydrogen-bond donors (Lipinski definition) is 1. The number of likely N-dealkylation sites (tertiary alicyclic amines) is 1. The number of hydrogen-bond acceptors (Lipinski definition) is 5. The summed E-state index contributed by atoms with van der Waals surface area (Å²) in [6.45, 7) is 2.65. The summed E-state index contributed by atoms with van der Waals surface area (Å²) in [5.41, 5.74) is 9.96. The van der Waals surface area contributed by atoms with E-state index in [1.54, 1.807) is 9.42 Å². The second-order valence-electron chi connectivity index (χ2n) is 8.82. The van der Waals surface area contributed by atoms with Gasteiger partial charge in [0.25, 0.3) is 5.91 Å². The summed E-state index contributed by atoms with van der Waals surface area (Å²) in [5, 5.41) is 4.76. The number of rotatable bonds is 3. The minimum absolute atomic E-state index is 0.0551. The van der Waals surface area contributed by atoms with Crippen LogP contribution in [0.5, 0.6) is 0 Å². The molecule has 2 N–H and O–H groups in total. The van der Waals surface area contributed by atoms with Crippen molar-refractivity contribution in [1.29, 1.82) is 0 Å². The van der Waals surface area contributed by atoms with E-state index < -0.39 is 5.82 Å². The molecule has 7 nitrogen and oxygen atoms in total. The van der Waals surface area contributed by atoms with Crippen LogP contribution < -0.4 is 5.73 Å². The number of piperidine rings is 1. The lowest BCUT2D eigenvalue weighted by Gasteiger charge is -2.34. The minimum Gasteiger partial charge on any atom is -0.330 e. The monoisotopic (exact) mass is 422 g/mol. The smallest absolute Gasteiger partial charge is 0.257 e. The molecular weight excluding hydrogens is 395 g/mol. The first-order chi connectivity index (χ1) is 15.0. The molecule has 2 fully saturated rings. The minimum atomic E-state index is -0.594. The van der Waals surface area contributed by atoms with E-state index in [-0.39, 0.29) is 23.6 Å². The van der Waals surface area contributed by atoms with Crippen LogP contribution in [0.3, 0.4) is 0 Å². The van der Waals surface area contributed by atoms with Crippen LogP contribution in [0, 0.1) is 12.7 Å². The number of pyridine rings is 1. The molecule has 31 heavy (non-hydrogen) atoms. The average molecular weight is 423 g/mol. The van der Waals surface area contributed by atoms with Gasteiger partial charge in [0.05, 0.1) is 29.2 Å². The zero-order valence-corrected chi connectivity index (χ0v) is 17.7. The number of carbonyl (C=O) groups excluding carboxylic acids is 1. The molecule has 1 unspecified atom stereocenters. The Morgan fingerprint density at radius 3 is 2.90 bits per heavy atom. The van der Waals surface area contributed by atoms with Crippen LogP contribution in [-0.4, -0.2) is 43.0 Å². The number of nitrogens with two attached hydrogens (primary N) is 1. The Morgan fingerprint density at radius 1 is 1.26 bits per heavy atom. The Bertz CT molecular complexity index is 1130. The van der Waals surface area contributed by atoms with E-state index in [2.05, 4.69) is 11.9 Å². The molecule has 2 aliphatic rings. The molecule has 5 rings (SSSR count). The lowest BCUT2D eigenvalue weighted by Crippen LogP contribution is -2.39. The van der Waals surface area contributed by atoms with Crippen LogP contribution in [-0.2, 0) is 0 Å². The van der Waals surface area contributed by atoms with Crippen LogP contribution in [0.4, 0.5) is 4.39 Å². The molecule has 1 amide bonds. The molecule has 0 spiro atoms. The van der Waals surface area contributed by atoms with Gasteiger partial charge in [-0.05, 0) is 57.1 Å². The molecule has 1 aliphatic heterocycles. The quantitative estimate of drug-likeness (QED) is 0.697. The van der Waals surface area contributed by atoms with Crippen LogP contribution in [0.2, 0.25) is 0 Å². The lowest BCUT2D eigenvalue weighted by atomic mass is 9.98. The Morgan fingerprint density at radius 2 is 2.13 bits per heavy atom. The number of aromatic nitrogens is 4. The first-order valence-corrected chi connectivity index (χ1v) is 11.0. The SMILES string of the molecule is Cc1cn2nc([C@@H]3CCCCN3C(=O)c3ccncc3F)cc2nc1C1CC[C@H](N)C1. The van der Waals surface area contributed by atoms with Crippen molar-refractivity contribution in [3.63, 3.8) is 0 Å². The van der Waals surface area contributed by atoms with Gasteiger partial charge in [-0.1, -0.05) is 0 Å². The molecule has 162 valence electrons. The van der Waals surface area contributed by atoms with Crippen molar-refractivity contribution in [3.05, 3.63) is 59.1 Å². The Kier molecular flexibility index (Phi) is 5.17. The van der Waals surface area contributed by atoms with Crippen molar-refractivity contribution in [1.82, 2.24) is 24.5 Å². The maximum atomic E-state index is 14.2. The first kappa shape index (κ1) is 20.1. The van der Waals surface area contributed by atoms with E-state index in [0.717, 1.165) is 67.3 Å². The molecule has 1 saturated heterocycles. The Labute approximate surface area is 180 Å². The summed E-state index contributed by atoms with van der Waals surface area (Å²) < 4.78 is 16.0. The zero-order valence-electron chi connectivity index (χ0n) is 17.7. The molecule has 0 aromatic carbocycles. The van der Waals surface area contributed by atoms with Gasteiger partial charge in [-0.15, -0.1) is 0 Å². The van der Waals surface area contributed by atoms with Crippen molar-refractivity contribution in [2.45, 2.75) is 63.5 Å². The Balaban J connectivity index is 1.48. The second kappa shape index (κ2) is 8.00. The zero-order chi connectivity index (χ0) is 21.5. The molecule has 1 aliphatic carbocycles. The molecule has 1 saturated carbocycles. The van der Waals surface area contributed by atoms with Gasteiger partial charge in [0, 0.05) is 37.0 Å². The molecular formula is C23H27FN6O. The highest BCUT2D eigenvalue weighted by Gasteiger charge is 2.32. The van der Waals surface area contributed by atoms with Gasteiger partial charge in [-0.25, -0.2) is 13.9 Å². The van der Waals surface area contributed by atoms with Crippen molar-refractivity contribution in [2.75, 3.05) is 6.54 Å². The molecule has 8 heteroatoms. The normalized spacial score (nSPS) is 24.1. The van der Waals surface area contributed by atoms with E-state index in [1.165, 1.54) is 12.3 Å². The standard InChI is InChI=1S/C23H27FN6O/c1-14-13-30-21(27-22(14)15-5-6-16(25)10-15)11-19(28-30)20-4-2-3-9-29(20)23(31)17-7-8-26-12-18(17)24/h7-8,11-13,15-16,20H,2-6,9-10,25H2,1H3/t15?,16-,20-/m0/s1. The molecule has 0 bridgehead atoms. The summed E-state index contributed by atoms with van der Waals surface area (Å²) in [5.74, 6) is -0.518. The number of fused-ring (bicyclic) bond motifs is 1. The maximum Gasteiger partial charge on any atom is 0.257 e. The van der Waals surface area contributed by atoms with Crippen molar-refractivity contribution >= 4 is 11.6 Å². The topological polar surface area (TPSA) is 89.4 Å². The number of halogens is 1. The van der Waals surface area contributed by atoms with Gasteiger partial charge < -0.3 is 10.6 Å². The van der Waals surface area contributed by atoms with E-state index in [1.807, 2.05) is 12.3 Å². The summed E-state index contributed by atoms with van der Waals surface area (Å²) >= 11 is 0. The van der Waals surface area contributed by atoms with Gasteiger partial charge in [-0.3, -0.25) is 9.78 Å². The van der Waals surface area contributed by atoms with E-state index in [9.17, 15) is 9.18 Å². The molecule has 3 aromatic heterocycles. The Hall–Kier alpha value is -2.87. The summed E-state index contributed by atoms with van der Waals surface area (Å²) in [7, 11) is 0. The van der Waals surface area contributed by atoms with Gasteiger partial charge in [0.2, 0.25) is 0 Å². The third-order valence-electron chi connectivity index (χ3n) is 6.66. The number of amides is 1. The first-order valence-electron chi connectivity index (χ1n) is 11.0. The summed E-state index contributed by atoms with van der Waals surface area (Å²) in [4.78, 5) is 23.5. The number of aryl methyl sites for hydroxylation is 1. The van der Waals surface area contributed by atoms with Crippen LogP contribution >= 0.6 is 0 Å². The summed E-state index contributed by atoms with van der Waals surface area (Å²) in [6, 6.07) is 3.46. The highest BCUT2D eigenvalue weighted by atomic mass is 19.1. The predicted molar refractivity (Wildman–Crippen MR) is 114 cm³/mol. The van der Waals surface area contributed by atoms with Gasteiger partial charge in [-0.2, -0.15) is 5.10 Å². The van der Waals surface area contributed by atoms with Crippen LogP contribution in [0.15, 0.2) is 30.7 Å². The van der Waals surface area contributed by atoms with Crippen molar-refractivity contribution in [3.8, 4) is 0 Å². The van der Waals surface area contributed by atoms with Crippen molar-refractivity contribution < 1.29 is 9.18 Å². The van der Waals surface area contributed by atoms with E-state index in [4.69, 9.17) is 15.8 Å². The van der Waals surface area contributed by atoms with E-state index >= 15 is 0 Å². The van der Waals surface area contributed by atoms with Crippen molar-refractivity contribution in [2.24, 2.45) is 5.73 Å². The number of nitrogens with zero attached hydrogens (tertiary/aromatic N) is 5. The average Bonchev–Trinajstić information content (AvgIpc) is 3.38. The fourth-order valence-electron chi connectivity index (χ4n) is 5.07. The van der Waals surface area contributed by atoms with Crippen LogP contribution in [0.25, 0.3) is 5.65 Å². The largest absolute Gasteiger partial charge is 0.330 e. The summed E-state index contributed by atoms with van der Waals surface area (Å²) in [6.07, 6.45) is 10.3. The highest BCUT2D eigenvalue weighted by Crippen LogP contribution is 2.35. The van der Waals surface area contributed by atoms with Crippen LogP contribution in [0.1, 0.15) is 77.8 Å². The fraction of sp³-hybridized carbons (Fsp3) is 0.478.